The van der Waals surface area contributed by atoms with Crippen LogP contribution in [-0.4, -0.2) is 48.0 Å². The molecule has 1 fully saturated rings. The van der Waals surface area contributed by atoms with Crippen molar-refractivity contribution in [2.45, 2.75) is 43.9 Å². The van der Waals surface area contributed by atoms with Crippen LogP contribution >= 0.6 is 0 Å². The van der Waals surface area contributed by atoms with Gasteiger partial charge >= 0.3 is 6.18 Å². The minimum atomic E-state index is -4.20. The predicted octanol–water partition coefficient (Wildman–Crippen LogP) is 1.11. The van der Waals surface area contributed by atoms with E-state index in [4.69, 9.17) is 10.8 Å². The molecular formula is C10H19F3N2O. The molecule has 6 heteroatoms. The van der Waals surface area contributed by atoms with Crippen molar-refractivity contribution >= 4 is 0 Å². The molecule has 0 aromatic rings. The van der Waals surface area contributed by atoms with Gasteiger partial charge in [-0.3, -0.25) is 4.90 Å². The second kappa shape index (κ2) is 5.84. The minimum Gasteiger partial charge on any atom is -0.395 e. The Morgan fingerprint density at radius 2 is 1.75 bits per heavy atom. The number of alkyl halides is 3. The highest BCUT2D eigenvalue weighted by molar-refractivity contribution is 4.82. The molecule has 0 heterocycles. The maximum atomic E-state index is 12.3. The van der Waals surface area contributed by atoms with E-state index >= 15 is 0 Å². The molecule has 3 N–H and O–H groups in total. The zero-order valence-electron chi connectivity index (χ0n) is 9.21. The van der Waals surface area contributed by atoms with Gasteiger partial charge in [0.15, 0.2) is 0 Å². The van der Waals surface area contributed by atoms with Crippen molar-refractivity contribution in [1.82, 2.24) is 4.90 Å². The standard InChI is InChI=1S/C10H19F3N2O/c11-10(12,13)7-15(5-6-16)9-3-1-8(14)2-4-9/h8-9,16H,1-7,14H2. The summed E-state index contributed by atoms with van der Waals surface area (Å²) in [4.78, 5) is 1.33. The van der Waals surface area contributed by atoms with E-state index < -0.39 is 12.7 Å². The van der Waals surface area contributed by atoms with Gasteiger partial charge in [-0.05, 0) is 25.7 Å². The second-order valence-corrected chi connectivity index (χ2v) is 4.38. The van der Waals surface area contributed by atoms with E-state index in [1.54, 1.807) is 0 Å². The maximum Gasteiger partial charge on any atom is 0.401 e. The van der Waals surface area contributed by atoms with Gasteiger partial charge in [0.2, 0.25) is 0 Å². The van der Waals surface area contributed by atoms with Crippen LogP contribution in [0.3, 0.4) is 0 Å². The molecule has 0 atom stereocenters. The SMILES string of the molecule is NC1CCC(N(CCO)CC(F)(F)F)CC1. The zero-order chi connectivity index (χ0) is 12.2. The summed E-state index contributed by atoms with van der Waals surface area (Å²) in [6, 6.07) is 0.0340. The molecule has 3 nitrogen and oxygen atoms in total. The molecule has 0 bridgehead atoms. The molecule has 0 aromatic heterocycles. The van der Waals surface area contributed by atoms with Gasteiger partial charge in [0.1, 0.15) is 0 Å². The van der Waals surface area contributed by atoms with Crippen LogP contribution in [0, 0.1) is 0 Å². The zero-order valence-corrected chi connectivity index (χ0v) is 9.21. The molecule has 0 spiro atoms. The topological polar surface area (TPSA) is 49.5 Å². The molecule has 0 aliphatic heterocycles. The fourth-order valence-electron chi connectivity index (χ4n) is 2.22. The van der Waals surface area contributed by atoms with Crippen molar-refractivity contribution in [1.29, 1.82) is 0 Å². The van der Waals surface area contributed by atoms with Gasteiger partial charge in [-0.15, -0.1) is 0 Å². The average Bonchev–Trinajstić information content (AvgIpc) is 2.16. The van der Waals surface area contributed by atoms with E-state index in [1.165, 1.54) is 4.90 Å². The lowest BCUT2D eigenvalue weighted by Gasteiger charge is -2.36. The third-order valence-electron chi connectivity index (χ3n) is 3.03. The summed E-state index contributed by atoms with van der Waals surface area (Å²) in [7, 11) is 0. The largest absolute Gasteiger partial charge is 0.401 e. The van der Waals surface area contributed by atoms with E-state index in [-0.39, 0.29) is 25.2 Å². The molecule has 16 heavy (non-hydrogen) atoms. The summed E-state index contributed by atoms with van der Waals surface area (Å²) in [5.74, 6) is 0. The average molecular weight is 240 g/mol. The fraction of sp³-hybridized carbons (Fsp3) is 1.00. The van der Waals surface area contributed by atoms with E-state index in [0.717, 1.165) is 12.8 Å². The number of aliphatic hydroxyl groups excluding tert-OH is 1. The van der Waals surface area contributed by atoms with E-state index in [9.17, 15) is 13.2 Å². The first kappa shape index (κ1) is 13.7. The first-order valence-corrected chi connectivity index (χ1v) is 5.59. The minimum absolute atomic E-state index is 0.0828. The van der Waals surface area contributed by atoms with Gasteiger partial charge in [0.25, 0.3) is 0 Å². The van der Waals surface area contributed by atoms with Crippen LogP contribution < -0.4 is 5.73 Å². The van der Waals surface area contributed by atoms with Crippen LogP contribution in [0.15, 0.2) is 0 Å². The highest BCUT2D eigenvalue weighted by Crippen LogP contribution is 2.25. The van der Waals surface area contributed by atoms with Crippen LogP contribution in [-0.2, 0) is 0 Å². The van der Waals surface area contributed by atoms with Crippen molar-refractivity contribution < 1.29 is 18.3 Å². The Morgan fingerprint density at radius 3 is 2.19 bits per heavy atom. The van der Waals surface area contributed by atoms with E-state index in [1.807, 2.05) is 0 Å². The molecule has 1 aliphatic rings. The Morgan fingerprint density at radius 1 is 1.19 bits per heavy atom. The lowest BCUT2D eigenvalue weighted by atomic mass is 9.90. The number of nitrogens with two attached hydrogens (primary N) is 1. The summed E-state index contributed by atoms with van der Waals surface area (Å²) < 4.78 is 36.9. The smallest absolute Gasteiger partial charge is 0.395 e. The number of aliphatic hydroxyl groups is 1. The third kappa shape index (κ3) is 4.67. The molecule has 1 saturated carbocycles. The quantitative estimate of drug-likeness (QED) is 0.774. The molecule has 0 unspecified atom stereocenters. The monoisotopic (exact) mass is 240 g/mol. The Labute approximate surface area is 93.4 Å². The number of halogens is 3. The summed E-state index contributed by atoms with van der Waals surface area (Å²) in [6.07, 6.45) is -1.28. The fourth-order valence-corrected chi connectivity index (χ4v) is 2.22. The Bertz CT molecular complexity index is 203. The van der Waals surface area contributed by atoms with Gasteiger partial charge in [-0.25, -0.2) is 0 Å². The van der Waals surface area contributed by atoms with Crippen LogP contribution in [0.4, 0.5) is 13.2 Å². The molecule has 96 valence electrons. The lowest BCUT2D eigenvalue weighted by molar-refractivity contribution is -0.153. The number of hydrogen-bond acceptors (Lipinski definition) is 3. The van der Waals surface area contributed by atoms with Gasteiger partial charge in [0, 0.05) is 18.6 Å². The van der Waals surface area contributed by atoms with Gasteiger partial charge in [-0.2, -0.15) is 13.2 Å². The highest BCUT2D eigenvalue weighted by Gasteiger charge is 2.34. The van der Waals surface area contributed by atoms with Crippen molar-refractivity contribution in [2.24, 2.45) is 5.73 Å². The van der Waals surface area contributed by atoms with Gasteiger partial charge in [0.05, 0.1) is 13.2 Å². The molecule has 1 rings (SSSR count). The van der Waals surface area contributed by atoms with Crippen molar-refractivity contribution in [2.75, 3.05) is 19.7 Å². The lowest BCUT2D eigenvalue weighted by Crippen LogP contribution is -2.46. The molecule has 0 amide bonds. The number of nitrogens with zero attached hydrogens (tertiary/aromatic N) is 1. The number of hydrogen-bond donors (Lipinski definition) is 2. The van der Waals surface area contributed by atoms with Crippen LogP contribution in [0.1, 0.15) is 25.7 Å². The maximum absolute atomic E-state index is 12.3. The molecule has 0 radical (unpaired) electrons. The highest BCUT2D eigenvalue weighted by atomic mass is 19.4. The van der Waals surface area contributed by atoms with E-state index in [0.29, 0.717) is 12.8 Å². The molecule has 1 aliphatic carbocycles. The first-order chi connectivity index (χ1) is 7.42. The molecule has 0 saturated heterocycles. The first-order valence-electron chi connectivity index (χ1n) is 5.59. The summed E-state index contributed by atoms with van der Waals surface area (Å²) in [5.41, 5.74) is 5.71. The molecular weight excluding hydrogens is 221 g/mol. The normalized spacial score (nSPS) is 27.4. The van der Waals surface area contributed by atoms with Crippen LogP contribution in [0.5, 0.6) is 0 Å². The van der Waals surface area contributed by atoms with Crippen LogP contribution in [0.25, 0.3) is 0 Å². The molecule has 0 aromatic carbocycles. The Kier molecular flexibility index (Phi) is 5.01. The Balaban J connectivity index is 2.49. The van der Waals surface area contributed by atoms with Gasteiger partial charge in [-0.1, -0.05) is 0 Å². The summed E-state index contributed by atoms with van der Waals surface area (Å²) in [5, 5.41) is 8.78. The van der Waals surface area contributed by atoms with Crippen molar-refractivity contribution in [3.8, 4) is 0 Å². The third-order valence-corrected chi connectivity index (χ3v) is 3.03. The summed E-state index contributed by atoms with van der Waals surface area (Å²) in [6.45, 7) is -1.09. The van der Waals surface area contributed by atoms with E-state index in [2.05, 4.69) is 0 Å². The number of rotatable bonds is 4. The second-order valence-electron chi connectivity index (χ2n) is 4.38. The van der Waals surface area contributed by atoms with Gasteiger partial charge < -0.3 is 10.8 Å². The Hall–Kier alpha value is -0.330. The summed E-state index contributed by atoms with van der Waals surface area (Å²) >= 11 is 0. The van der Waals surface area contributed by atoms with Crippen molar-refractivity contribution in [3.63, 3.8) is 0 Å². The van der Waals surface area contributed by atoms with Crippen LogP contribution in [0.2, 0.25) is 0 Å². The van der Waals surface area contributed by atoms with Crippen molar-refractivity contribution in [3.05, 3.63) is 0 Å². The predicted molar refractivity (Wildman–Crippen MR) is 54.9 cm³/mol.